The molecule has 0 saturated carbocycles. The molecular weight excluding hydrogens is 354 g/mol. The highest BCUT2D eigenvalue weighted by Crippen LogP contribution is 2.31. The first kappa shape index (κ1) is 18.0. The zero-order valence-corrected chi connectivity index (χ0v) is 15.8. The van der Waals surface area contributed by atoms with Gasteiger partial charge in [0.2, 0.25) is 15.3 Å². The number of aryl methyl sites for hydroxylation is 2. The number of pyridine rings is 1. The van der Waals surface area contributed by atoms with Crippen LogP contribution in [-0.2, 0) is 16.9 Å². The van der Waals surface area contributed by atoms with E-state index >= 15 is 0 Å². The summed E-state index contributed by atoms with van der Waals surface area (Å²) in [4.78, 5) is 12.8. The Balaban J connectivity index is 2.33. The molecule has 0 N–H and O–H groups in total. The van der Waals surface area contributed by atoms with E-state index in [0.717, 1.165) is 5.56 Å². The Kier molecular flexibility index (Phi) is 4.50. The maximum Gasteiger partial charge on any atom is 0.211 e. The minimum Gasteiger partial charge on any atom is -0.493 e. The molecule has 0 unspecified atom stereocenters. The number of aromatic nitrogens is 1. The van der Waals surface area contributed by atoms with Crippen LogP contribution in [0.5, 0.6) is 11.5 Å². The highest BCUT2D eigenvalue weighted by atomic mass is 32.2. The molecule has 7 heteroatoms. The predicted molar refractivity (Wildman–Crippen MR) is 98.9 cm³/mol. The van der Waals surface area contributed by atoms with Crippen LogP contribution in [0.3, 0.4) is 0 Å². The molecule has 26 heavy (non-hydrogen) atoms. The van der Waals surface area contributed by atoms with Crippen molar-refractivity contribution < 1.29 is 17.9 Å². The van der Waals surface area contributed by atoms with E-state index in [-0.39, 0.29) is 15.2 Å². The van der Waals surface area contributed by atoms with Gasteiger partial charge < -0.3 is 14.0 Å². The van der Waals surface area contributed by atoms with Crippen LogP contribution in [0.25, 0.3) is 10.9 Å². The third-order valence-electron chi connectivity index (χ3n) is 4.28. The summed E-state index contributed by atoms with van der Waals surface area (Å²) in [5, 5.41) is 0.248. The molecule has 6 nitrogen and oxygen atoms in total. The van der Waals surface area contributed by atoms with Gasteiger partial charge in [-0.1, -0.05) is 17.7 Å². The molecule has 0 aliphatic carbocycles. The molecule has 0 amide bonds. The number of sulfone groups is 1. The van der Waals surface area contributed by atoms with Crippen LogP contribution >= 0.6 is 0 Å². The Morgan fingerprint density at radius 1 is 0.962 bits per heavy atom. The van der Waals surface area contributed by atoms with Gasteiger partial charge in [-0.25, -0.2) is 8.42 Å². The number of rotatable bonds is 4. The van der Waals surface area contributed by atoms with Crippen LogP contribution in [0.4, 0.5) is 0 Å². The minimum absolute atomic E-state index is 0.0834. The van der Waals surface area contributed by atoms with E-state index in [9.17, 15) is 13.2 Å². The number of hydrogen-bond acceptors (Lipinski definition) is 5. The second kappa shape index (κ2) is 6.49. The summed E-state index contributed by atoms with van der Waals surface area (Å²) < 4.78 is 38.0. The van der Waals surface area contributed by atoms with Gasteiger partial charge >= 0.3 is 0 Å². The first-order valence-electron chi connectivity index (χ1n) is 7.86. The van der Waals surface area contributed by atoms with Gasteiger partial charge in [0.05, 0.1) is 30.0 Å². The maximum atomic E-state index is 13.0. The lowest BCUT2D eigenvalue weighted by Crippen LogP contribution is -2.18. The first-order valence-corrected chi connectivity index (χ1v) is 9.35. The number of ether oxygens (including phenoxy) is 2. The molecule has 0 saturated heterocycles. The lowest BCUT2D eigenvalue weighted by atomic mass is 10.2. The largest absolute Gasteiger partial charge is 0.493 e. The van der Waals surface area contributed by atoms with Gasteiger partial charge in [0.1, 0.15) is 4.90 Å². The number of nitrogens with zero attached hydrogens (tertiary/aromatic N) is 1. The molecule has 1 heterocycles. The van der Waals surface area contributed by atoms with E-state index in [2.05, 4.69) is 0 Å². The van der Waals surface area contributed by atoms with Crippen molar-refractivity contribution in [1.82, 2.24) is 4.57 Å². The van der Waals surface area contributed by atoms with Crippen LogP contribution in [0.1, 0.15) is 5.56 Å². The summed E-state index contributed by atoms with van der Waals surface area (Å²) in [6.45, 7) is 1.87. The predicted octanol–water partition coefficient (Wildman–Crippen LogP) is 2.70. The fourth-order valence-electron chi connectivity index (χ4n) is 2.81. The number of hydrogen-bond donors (Lipinski definition) is 0. The Bertz CT molecular complexity index is 1150. The highest BCUT2D eigenvalue weighted by Gasteiger charge is 2.24. The lowest BCUT2D eigenvalue weighted by molar-refractivity contribution is 0.355. The van der Waals surface area contributed by atoms with Crippen molar-refractivity contribution in [3.05, 3.63) is 58.4 Å². The summed E-state index contributed by atoms with van der Waals surface area (Å²) in [5.41, 5.74) is 0.919. The average molecular weight is 373 g/mol. The normalized spacial score (nSPS) is 11.5. The fraction of sp³-hybridized carbons (Fsp3) is 0.211. The Labute approximate surface area is 151 Å². The van der Waals surface area contributed by atoms with E-state index in [1.54, 1.807) is 29.8 Å². The highest BCUT2D eigenvalue weighted by molar-refractivity contribution is 7.91. The smallest absolute Gasteiger partial charge is 0.211 e. The van der Waals surface area contributed by atoms with Crippen molar-refractivity contribution in [1.29, 1.82) is 0 Å². The van der Waals surface area contributed by atoms with Crippen LogP contribution in [0.15, 0.2) is 57.2 Å². The molecule has 0 spiro atoms. The summed E-state index contributed by atoms with van der Waals surface area (Å²) in [6, 6.07) is 9.56. The zero-order valence-electron chi connectivity index (χ0n) is 14.9. The molecule has 1 aromatic heterocycles. The van der Waals surface area contributed by atoms with Gasteiger partial charge in [-0.3, -0.25) is 4.79 Å². The van der Waals surface area contributed by atoms with E-state index in [1.807, 2.05) is 6.92 Å². The molecular formula is C19H19NO5S. The van der Waals surface area contributed by atoms with Crippen molar-refractivity contribution in [2.45, 2.75) is 16.7 Å². The first-order chi connectivity index (χ1) is 12.3. The van der Waals surface area contributed by atoms with Gasteiger partial charge in [0, 0.05) is 19.3 Å². The standard InChI is InChI=1S/C19H19NO5S/c1-12-5-7-13(8-6-12)26(22,23)18-11-20(2)15-10-17(25-4)16(24-3)9-14(15)19(18)21/h5-11H,1-4H3. The third-order valence-corrected chi connectivity index (χ3v) is 6.04. The summed E-state index contributed by atoms with van der Waals surface area (Å²) in [7, 11) is 0.699. The SMILES string of the molecule is COc1cc2c(=O)c(S(=O)(=O)c3ccc(C)cc3)cn(C)c2cc1OC. The van der Waals surface area contributed by atoms with E-state index in [4.69, 9.17) is 9.47 Å². The average Bonchev–Trinajstić information content (AvgIpc) is 2.63. The molecule has 0 radical (unpaired) electrons. The van der Waals surface area contributed by atoms with Gasteiger partial charge in [0.25, 0.3) is 0 Å². The van der Waals surface area contributed by atoms with Crippen LogP contribution in [-0.4, -0.2) is 27.2 Å². The number of benzene rings is 2. The van der Waals surface area contributed by atoms with Gasteiger partial charge in [-0.05, 0) is 25.1 Å². The van der Waals surface area contributed by atoms with Crippen LogP contribution in [0.2, 0.25) is 0 Å². The van der Waals surface area contributed by atoms with Crippen molar-refractivity contribution in [2.75, 3.05) is 14.2 Å². The van der Waals surface area contributed by atoms with Crippen molar-refractivity contribution in [3.63, 3.8) is 0 Å². The molecule has 136 valence electrons. The number of methoxy groups -OCH3 is 2. The topological polar surface area (TPSA) is 74.6 Å². The van der Waals surface area contributed by atoms with Gasteiger partial charge in [-0.2, -0.15) is 0 Å². The Morgan fingerprint density at radius 2 is 1.54 bits per heavy atom. The molecule has 0 fully saturated rings. The van der Waals surface area contributed by atoms with Crippen molar-refractivity contribution >= 4 is 20.7 Å². The van der Waals surface area contributed by atoms with Crippen molar-refractivity contribution in [2.24, 2.45) is 7.05 Å². The third kappa shape index (κ3) is 2.84. The second-order valence-electron chi connectivity index (χ2n) is 5.97. The van der Waals surface area contributed by atoms with Crippen LogP contribution in [0, 0.1) is 6.92 Å². The Hall–Kier alpha value is -2.80. The Morgan fingerprint density at radius 3 is 2.12 bits per heavy atom. The van der Waals surface area contributed by atoms with Gasteiger partial charge in [-0.15, -0.1) is 0 Å². The second-order valence-corrected chi connectivity index (χ2v) is 7.89. The van der Waals surface area contributed by atoms with E-state index in [0.29, 0.717) is 17.0 Å². The summed E-state index contributed by atoms with van der Waals surface area (Å²) >= 11 is 0. The molecule has 0 aliphatic heterocycles. The maximum absolute atomic E-state index is 13.0. The zero-order chi connectivity index (χ0) is 19.1. The summed E-state index contributed by atoms with van der Waals surface area (Å²) in [6.07, 6.45) is 1.34. The lowest BCUT2D eigenvalue weighted by Gasteiger charge is -2.13. The molecule has 3 rings (SSSR count). The minimum atomic E-state index is -3.94. The van der Waals surface area contributed by atoms with E-state index in [1.165, 1.54) is 38.6 Å². The van der Waals surface area contributed by atoms with Crippen molar-refractivity contribution in [3.8, 4) is 11.5 Å². The molecule has 2 aromatic carbocycles. The van der Waals surface area contributed by atoms with Crippen LogP contribution < -0.4 is 14.9 Å². The molecule has 0 bridgehead atoms. The molecule has 0 aliphatic rings. The molecule has 3 aromatic rings. The van der Waals surface area contributed by atoms with Gasteiger partial charge in [0.15, 0.2) is 11.5 Å². The monoisotopic (exact) mass is 373 g/mol. The summed E-state index contributed by atoms with van der Waals surface area (Å²) in [5.74, 6) is 0.825. The number of fused-ring (bicyclic) bond motifs is 1. The quantitative estimate of drug-likeness (QED) is 0.703. The fourth-order valence-corrected chi connectivity index (χ4v) is 4.21. The molecule has 0 atom stereocenters. The van der Waals surface area contributed by atoms with E-state index < -0.39 is 15.3 Å².